The molecule has 1 saturated carbocycles. The van der Waals surface area contributed by atoms with Crippen LogP contribution in [-0.4, -0.2) is 11.4 Å². The summed E-state index contributed by atoms with van der Waals surface area (Å²) < 4.78 is 0. The highest BCUT2D eigenvalue weighted by molar-refractivity contribution is 6.18. The molecule has 132 valence electrons. The van der Waals surface area contributed by atoms with E-state index in [-0.39, 0.29) is 5.92 Å². The first-order chi connectivity index (χ1) is 12.7. The summed E-state index contributed by atoms with van der Waals surface area (Å²) in [6.07, 6.45) is 8.04. The van der Waals surface area contributed by atoms with Gasteiger partial charge in [0.2, 0.25) is 0 Å². The molecule has 0 radical (unpaired) electrons. The molecule has 1 aromatic rings. The number of nitrogens with one attached hydrogen (secondary N) is 1. The van der Waals surface area contributed by atoms with Crippen molar-refractivity contribution < 1.29 is 0 Å². The Bertz CT molecular complexity index is 885. The van der Waals surface area contributed by atoms with E-state index in [1.807, 2.05) is 0 Å². The van der Waals surface area contributed by atoms with Crippen molar-refractivity contribution in [3.05, 3.63) is 71.1 Å². The molecule has 1 aromatic carbocycles. The molecule has 3 unspecified atom stereocenters. The number of aliphatic imine (C=N–C) groups is 1. The van der Waals surface area contributed by atoms with Gasteiger partial charge in [-0.1, -0.05) is 43.0 Å². The normalized spacial score (nSPS) is 30.3. The van der Waals surface area contributed by atoms with E-state index in [1.54, 1.807) is 0 Å². The summed E-state index contributed by atoms with van der Waals surface area (Å²) in [6.45, 7) is 6.32. The Kier molecular flexibility index (Phi) is 3.70. The minimum Gasteiger partial charge on any atom is -0.279 e. The van der Waals surface area contributed by atoms with Gasteiger partial charge in [0.1, 0.15) is 0 Å². The lowest BCUT2D eigenvalue weighted by Crippen LogP contribution is -2.43. The summed E-state index contributed by atoms with van der Waals surface area (Å²) in [5, 5.41) is 4.85. The van der Waals surface area contributed by atoms with Gasteiger partial charge in [0, 0.05) is 23.7 Å². The zero-order chi connectivity index (χ0) is 17.7. The fourth-order valence-electron chi connectivity index (χ4n) is 5.27. The van der Waals surface area contributed by atoms with Crippen LogP contribution >= 0.6 is 0 Å². The van der Waals surface area contributed by atoms with Gasteiger partial charge in [0.05, 0.1) is 11.4 Å². The predicted molar refractivity (Wildman–Crippen MR) is 107 cm³/mol. The summed E-state index contributed by atoms with van der Waals surface area (Å²) in [7, 11) is 0. The summed E-state index contributed by atoms with van der Waals surface area (Å²) in [4.78, 5) is 4.92. The van der Waals surface area contributed by atoms with Crippen LogP contribution in [0.1, 0.15) is 50.5 Å². The third-order valence-corrected chi connectivity index (χ3v) is 6.41. The Hall–Kier alpha value is -2.42. The lowest BCUT2D eigenvalue weighted by molar-refractivity contribution is 0.394. The van der Waals surface area contributed by atoms with Crippen LogP contribution in [0.5, 0.6) is 0 Å². The largest absolute Gasteiger partial charge is 0.279 e. The molecule has 1 N–H and O–H groups in total. The average Bonchev–Trinajstić information content (AvgIpc) is 3.10. The van der Waals surface area contributed by atoms with Crippen LogP contribution in [0.25, 0.3) is 0 Å². The van der Waals surface area contributed by atoms with Crippen LogP contribution in [0.3, 0.4) is 0 Å². The summed E-state index contributed by atoms with van der Waals surface area (Å²) in [5.41, 5.74) is 12.2. The fourth-order valence-corrected chi connectivity index (χ4v) is 5.27. The molecule has 0 amide bonds. The second-order valence-corrected chi connectivity index (χ2v) is 7.95. The summed E-state index contributed by atoms with van der Waals surface area (Å²) in [5.74, 6) is 1.33. The minimum absolute atomic E-state index is 0.269. The highest BCUT2D eigenvalue weighted by atomic mass is 15.3. The van der Waals surface area contributed by atoms with Crippen molar-refractivity contribution in [3.63, 3.8) is 0 Å². The molecular weight excluding hydrogens is 318 g/mol. The first-order valence-corrected chi connectivity index (χ1v) is 9.78. The van der Waals surface area contributed by atoms with Crippen molar-refractivity contribution in [2.75, 3.05) is 0 Å². The van der Waals surface area contributed by atoms with E-state index < -0.39 is 0 Å². The SMILES string of the molecule is C=C1NN=C2C3=C1CCCC3CC(c1ccccc1)C2C1=NC(C)=CC1. The Morgan fingerprint density at radius 3 is 2.81 bits per heavy atom. The lowest BCUT2D eigenvalue weighted by atomic mass is 9.61. The first-order valence-electron chi connectivity index (χ1n) is 9.78. The van der Waals surface area contributed by atoms with E-state index in [9.17, 15) is 0 Å². The van der Waals surface area contributed by atoms with E-state index in [1.165, 1.54) is 47.4 Å². The number of benzene rings is 1. The molecule has 2 aliphatic heterocycles. The fraction of sp³-hybridized carbons (Fsp3) is 0.391. The Morgan fingerprint density at radius 1 is 1.19 bits per heavy atom. The van der Waals surface area contributed by atoms with Crippen molar-refractivity contribution in [3.8, 4) is 0 Å². The van der Waals surface area contributed by atoms with Gasteiger partial charge in [-0.15, -0.1) is 0 Å². The molecule has 3 heteroatoms. The minimum atomic E-state index is 0.269. The van der Waals surface area contributed by atoms with E-state index in [0.29, 0.717) is 11.8 Å². The maximum Gasteiger partial charge on any atom is 0.0738 e. The first kappa shape index (κ1) is 15.8. The average molecular weight is 343 g/mol. The summed E-state index contributed by atoms with van der Waals surface area (Å²) >= 11 is 0. The lowest BCUT2D eigenvalue weighted by Gasteiger charge is -2.44. The van der Waals surface area contributed by atoms with Gasteiger partial charge in [-0.05, 0) is 61.2 Å². The molecule has 3 nitrogen and oxygen atoms in total. The van der Waals surface area contributed by atoms with E-state index in [0.717, 1.165) is 24.2 Å². The van der Waals surface area contributed by atoms with Crippen LogP contribution in [-0.2, 0) is 0 Å². The van der Waals surface area contributed by atoms with Crippen molar-refractivity contribution in [2.24, 2.45) is 21.9 Å². The number of rotatable bonds is 2. The second-order valence-electron chi connectivity index (χ2n) is 7.95. The Labute approximate surface area is 155 Å². The topological polar surface area (TPSA) is 36.8 Å². The molecule has 5 rings (SSSR count). The van der Waals surface area contributed by atoms with E-state index in [4.69, 9.17) is 10.1 Å². The van der Waals surface area contributed by atoms with E-state index >= 15 is 0 Å². The molecule has 0 saturated heterocycles. The molecule has 2 heterocycles. The highest BCUT2D eigenvalue weighted by Gasteiger charge is 2.45. The van der Waals surface area contributed by atoms with Crippen molar-refractivity contribution in [1.29, 1.82) is 0 Å². The maximum absolute atomic E-state index is 4.92. The molecular formula is C23H25N3. The number of allylic oxidation sites excluding steroid dienone is 4. The molecule has 4 aliphatic rings. The van der Waals surface area contributed by atoms with Crippen LogP contribution < -0.4 is 5.43 Å². The molecule has 0 bridgehead atoms. The van der Waals surface area contributed by atoms with Gasteiger partial charge >= 0.3 is 0 Å². The van der Waals surface area contributed by atoms with Gasteiger partial charge < -0.3 is 0 Å². The monoisotopic (exact) mass is 343 g/mol. The number of nitrogens with zero attached hydrogens (tertiary/aromatic N) is 2. The van der Waals surface area contributed by atoms with Crippen molar-refractivity contribution in [2.45, 2.75) is 44.9 Å². The zero-order valence-corrected chi connectivity index (χ0v) is 15.3. The van der Waals surface area contributed by atoms with Crippen LogP contribution in [0.2, 0.25) is 0 Å². The van der Waals surface area contributed by atoms with Crippen LogP contribution in [0.4, 0.5) is 0 Å². The van der Waals surface area contributed by atoms with Crippen LogP contribution in [0.15, 0.2) is 75.6 Å². The molecule has 0 aromatic heterocycles. The molecule has 2 aliphatic carbocycles. The van der Waals surface area contributed by atoms with Gasteiger partial charge in [0.25, 0.3) is 0 Å². The van der Waals surface area contributed by atoms with Gasteiger partial charge in [-0.25, -0.2) is 0 Å². The van der Waals surface area contributed by atoms with Gasteiger partial charge in [0.15, 0.2) is 0 Å². The Morgan fingerprint density at radius 2 is 2.04 bits per heavy atom. The van der Waals surface area contributed by atoms with Gasteiger partial charge in [-0.3, -0.25) is 10.4 Å². The Balaban J connectivity index is 1.65. The maximum atomic E-state index is 4.92. The van der Waals surface area contributed by atoms with Gasteiger partial charge in [-0.2, -0.15) is 5.10 Å². The molecule has 1 fully saturated rings. The second kappa shape index (κ2) is 6.08. The summed E-state index contributed by atoms with van der Waals surface area (Å²) in [6, 6.07) is 11.0. The third kappa shape index (κ3) is 2.41. The molecule has 0 spiro atoms. The van der Waals surface area contributed by atoms with Crippen LogP contribution in [0, 0.1) is 11.8 Å². The smallest absolute Gasteiger partial charge is 0.0738 e. The third-order valence-electron chi connectivity index (χ3n) is 6.41. The standard InChI is InChI=1S/C23H25N3/c1-14-11-12-20(24-14)22-19(16-7-4-3-5-8-16)13-17-9-6-10-18-15(2)25-26-23(22)21(17)18/h3-5,7-8,11,17,19,22,25H,2,6,9-10,12-13H2,1H3. The number of hydrogen-bond donors (Lipinski definition) is 1. The number of hydrogen-bond acceptors (Lipinski definition) is 3. The quantitative estimate of drug-likeness (QED) is 0.796. The molecule has 26 heavy (non-hydrogen) atoms. The van der Waals surface area contributed by atoms with Crippen molar-refractivity contribution in [1.82, 2.24) is 5.43 Å². The molecule has 3 atom stereocenters. The van der Waals surface area contributed by atoms with E-state index in [2.05, 4.69) is 55.3 Å². The zero-order valence-electron chi connectivity index (χ0n) is 15.3. The van der Waals surface area contributed by atoms with Crippen molar-refractivity contribution >= 4 is 11.4 Å². The number of hydrazone groups is 1. The highest BCUT2D eigenvalue weighted by Crippen LogP contribution is 2.50. The predicted octanol–water partition coefficient (Wildman–Crippen LogP) is 5.11.